The van der Waals surface area contributed by atoms with Gasteiger partial charge in [-0.05, 0) is 45.4 Å². The molecule has 0 aliphatic rings. The Kier molecular flexibility index (Phi) is 3.85. The largest absolute Gasteiger partial charge is 0.459 e. The summed E-state index contributed by atoms with van der Waals surface area (Å²) in [5, 5.41) is 0.742. The zero-order chi connectivity index (χ0) is 14.0. The fourth-order valence-corrected chi connectivity index (χ4v) is 2.33. The highest BCUT2D eigenvalue weighted by molar-refractivity contribution is 7.99. The summed E-state index contributed by atoms with van der Waals surface area (Å²) >= 11 is 1.36. The van der Waals surface area contributed by atoms with E-state index in [1.165, 1.54) is 17.3 Å². The predicted octanol–water partition coefficient (Wildman–Crippen LogP) is 3.31. The number of thioether (sulfide) groups is 1. The van der Waals surface area contributed by atoms with Crippen molar-refractivity contribution in [1.82, 2.24) is 9.97 Å². The first-order chi connectivity index (χ1) is 8.83. The Hall–Kier alpha value is -1.49. The number of aryl methyl sites for hydroxylation is 1. The number of rotatable bonds is 3. The Bertz CT molecular complexity index is 599. The van der Waals surface area contributed by atoms with Crippen LogP contribution in [0.1, 0.15) is 26.3 Å². The maximum absolute atomic E-state index is 11.6. The molecule has 0 saturated heterocycles. The van der Waals surface area contributed by atoms with Gasteiger partial charge in [0.1, 0.15) is 5.60 Å². The first-order valence-corrected chi connectivity index (χ1v) is 7.13. The number of nitrogens with one attached hydrogen (secondary N) is 1. The highest BCUT2D eigenvalue weighted by Gasteiger charge is 2.16. The summed E-state index contributed by atoms with van der Waals surface area (Å²) in [5.41, 5.74) is 2.65. The number of aromatic nitrogens is 2. The summed E-state index contributed by atoms with van der Waals surface area (Å²) in [6.45, 7) is 7.62. The van der Waals surface area contributed by atoms with Crippen molar-refractivity contribution in [3.8, 4) is 0 Å². The molecule has 1 aromatic carbocycles. The highest BCUT2D eigenvalue weighted by Crippen LogP contribution is 2.21. The predicted molar refractivity (Wildman–Crippen MR) is 77.4 cm³/mol. The molecule has 0 saturated carbocycles. The second kappa shape index (κ2) is 5.25. The quantitative estimate of drug-likeness (QED) is 0.691. The van der Waals surface area contributed by atoms with E-state index in [4.69, 9.17) is 4.74 Å². The number of benzene rings is 1. The number of carbonyl (C=O) groups excluding carboxylic acids is 1. The van der Waals surface area contributed by atoms with Gasteiger partial charge in [-0.1, -0.05) is 17.8 Å². The van der Waals surface area contributed by atoms with Gasteiger partial charge < -0.3 is 9.72 Å². The van der Waals surface area contributed by atoms with Crippen molar-refractivity contribution in [2.45, 2.75) is 38.5 Å². The lowest BCUT2D eigenvalue weighted by molar-refractivity contribution is -0.151. The number of imidazole rings is 1. The van der Waals surface area contributed by atoms with E-state index >= 15 is 0 Å². The van der Waals surface area contributed by atoms with Crippen LogP contribution >= 0.6 is 11.8 Å². The second-order valence-corrected chi connectivity index (χ2v) is 6.40. The van der Waals surface area contributed by atoms with Crippen molar-refractivity contribution in [2.75, 3.05) is 5.75 Å². The number of hydrogen-bond acceptors (Lipinski definition) is 4. The van der Waals surface area contributed by atoms with Crippen molar-refractivity contribution < 1.29 is 9.53 Å². The van der Waals surface area contributed by atoms with Gasteiger partial charge in [-0.3, -0.25) is 4.79 Å². The number of fused-ring (bicyclic) bond motifs is 1. The molecule has 0 aliphatic carbocycles. The molecule has 0 atom stereocenters. The summed E-state index contributed by atoms with van der Waals surface area (Å²) in [5.74, 6) is 0.0323. The van der Waals surface area contributed by atoms with Gasteiger partial charge in [0.25, 0.3) is 0 Å². The number of esters is 1. The SMILES string of the molecule is Cc1ccc2nc(SCC(=O)OC(C)(C)C)[nH]c2c1. The van der Waals surface area contributed by atoms with Crippen molar-refractivity contribution in [1.29, 1.82) is 0 Å². The van der Waals surface area contributed by atoms with Gasteiger partial charge in [0.15, 0.2) is 5.16 Å². The minimum Gasteiger partial charge on any atom is -0.459 e. The van der Waals surface area contributed by atoms with Crippen molar-refractivity contribution in [3.05, 3.63) is 23.8 Å². The van der Waals surface area contributed by atoms with Crippen molar-refractivity contribution in [3.63, 3.8) is 0 Å². The molecule has 2 aromatic rings. The lowest BCUT2D eigenvalue weighted by Crippen LogP contribution is -2.24. The summed E-state index contributed by atoms with van der Waals surface area (Å²) in [6.07, 6.45) is 0. The maximum atomic E-state index is 11.6. The average Bonchev–Trinajstić information content (AvgIpc) is 2.66. The molecule has 0 amide bonds. The van der Waals surface area contributed by atoms with Gasteiger partial charge in [-0.25, -0.2) is 4.98 Å². The molecule has 1 N–H and O–H groups in total. The van der Waals surface area contributed by atoms with Crippen molar-refractivity contribution >= 4 is 28.8 Å². The monoisotopic (exact) mass is 278 g/mol. The number of carbonyl (C=O) groups is 1. The third-order valence-electron chi connectivity index (χ3n) is 2.36. The molecule has 0 radical (unpaired) electrons. The zero-order valence-electron chi connectivity index (χ0n) is 11.6. The minimum absolute atomic E-state index is 0.228. The molecular formula is C14H18N2O2S. The fourth-order valence-electron chi connectivity index (χ4n) is 1.67. The molecule has 4 nitrogen and oxygen atoms in total. The summed E-state index contributed by atoms with van der Waals surface area (Å²) in [4.78, 5) is 19.2. The van der Waals surface area contributed by atoms with Crippen LogP contribution in [0.5, 0.6) is 0 Å². The topological polar surface area (TPSA) is 55.0 Å². The van der Waals surface area contributed by atoms with E-state index in [1.807, 2.05) is 45.9 Å². The Balaban J connectivity index is 2.00. The molecule has 1 aromatic heterocycles. The molecule has 0 unspecified atom stereocenters. The van der Waals surface area contributed by atoms with Gasteiger partial charge in [0.2, 0.25) is 0 Å². The fraction of sp³-hybridized carbons (Fsp3) is 0.429. The van der Waals surface area contributed by atoms with E-state index < -0.39 is 5.60 Å². The van der Waals surface area contributed by atoms with Gasteiger partial charge >= 0.3 is 5.97 Å². The first-order valence-electron chi connectivity index (χ1n) is 6.14. The second-order valence-electron chi connectivity index (χ2n) is 5.44. The zero-order valence-corrected chi connectivity index (χ0v) is 12.4. The summed E-state index contributed by atoms with van der Waals surface area (Å²) < 4.78 is 5.25. The van der Waals surface area contributed by atoms with Crippen LogP contribution in [0, 0.1) is 6.92 Å². The minimum atomic E-state index is -0.442. The van der Waals surface area contributed by atoms with Crippen LogP contribution in [-0.4, -0.2) is 27.3 Å². The molecule has 0 aliphatic heterocycles. The number of ether oxygens (including phenoxy) is 1. The Labute approximate surface area is 116 Å². The Morgan fingerprint density at radius 3 is 2.84 bits per heavy atom. The molecule has 102 valence electrons. The molecule has 0 fully saturated rings. The Morgan fingerprint density at radius 1 is 1.42 bits per heavy atom. The third kappa shape index (κ3) is 3.99. The third-order valence-corrected chi connectivity index (χ3v) is 3.21. The number of nitrogens with zero attached hydrogens (tertiary/aromatic N) is 1. The number of hydrogen-bond donors (Lipinski definition) is 1. The normalized spacial score (nSPS) is 11.8. The molecule has 2 rings (SSSR count). The average molecular weight is 278 g/mol. The van der Waals surface area contributed by atoms with Crippen LogP contribution in [0.3, 0.4) is 0 Å². The van der Waals surface area contributed by atoms with Crippen LogP contribution < -0.4 is 0 Å². The van der Waals surface area contributed by atoms with E-state index in [-0.39, 0.29) is 11.7 Å². The lowest BCUT2D eigenvalue weighted by Gasteiger charge is -2.18. The smallest absolute Gasteiger partial charge is 0.316 e. The van der Waals surface area contributed by atoms with Crippen LogP contribution in [-0.2, 0) is 9.53 Å². The molecule has 19 heavy (non-hydrogen) atoms. The molecule has 0 spiro atoms. The van der Waals surface area contributed by atoms with E-state index in [0.717, 1.165) is 16.2 Å². The van der Waals surface area contributed by atoms with Crippen LogP contribution in [0.2, 0.25) is 0 Å². The first kappa shape index (κ1) is 13.9. The molecular weight excluding hydrogens is 260 g/mol. The molecule has 5 heteroatoms. The van der Waals surface area contributed by atoms with Gasteiger partial charge in [0, 0.05) is 0 Å². The molecule has 0 bridgehead atoms. The standard InChI is InChI=1S/C14H18N2O2S/c1-9-5-6-10-11(7-9)16-13(15-10)19-8-12(17)18-14(2,3)4/h5-7H,8H2,1-4H3,(H,15,16). The van der Waals surface area contributed by atoms with Crippen molar-refractivity contribution in [2.24, 2.45) is 0 Å². The molecule has 1 heterocycles. The van der Waals surface area contributed by atoms with Gasteiger partial charge in [0.05, 0.1) is 16.8 Å². The van der Waals surface area contributed by atoms with E-state index in [1.54, 1.807) is 0 Å². The van der Waals surface area contributed by atoms with Crippen LogP contribution in [0.25, 0.3) is 11.0 Å². The van der Waals surface area contributed by atoms with Gasteiger partial charge in [-0.15, -0.1) is 0 Å². The van der Waals surface area contributed by atoms with E-state index in [0.29, 0.717) is 0 Å². The highest BCUT2D eigenvalue weighted by atomic mass is 32.2. The maximum Gasteiger partial charge on any atom is 0.316 e. The van der Waals surface area contributed by atoms with Crippen LogP contribution in [0.15, 0.2) is 23.4 Å². The van der Waals surface area contributed by atoms with Gasteiger partial charge in [-0.2, -0.15) is 0 Å². The number of H-pyrrole nitrogens is 1. The van der Waals surface area contributed by atoms with Crippen LogP contribution in [0.4, 0.5) is 0 Å². The summed E-state index contributed by atoms with van der Waals surface area (Å²) in [7, 11) is 0. The lowest BCUT2D eigenvalue weighted by atomic mass is 10.2. The van der Waals surface area contributed by atoms with E-state index in [9.17, 15) is 4.79 Å². The van der Waals surface area contributed by atoms with E-state index in [2.05, 4.69) is 9.97 Å². The Morgan fingerprint density at radius 2 is 2.16 bits per heavy atom. The summed E-state index contributed by atoms with van der Waals surface area (Å²) in [6, 6.07) is 6.03. The number of aromatic amines is 1.